The van der Waals surface area contributed by atoms with Gasteiger partial charge >= 0.3 is 5.97 Å². The third-order valence-corrected chi connectivity index (χ3v) is 6.15. The number of halogens is 3. The fourth-order valence-electron chi connectivity index (χ4n) is 4.36. The second-order valence-electron chi connectivity index (χ2n) is 8.49. The first-order valence-corrected chi connectivity index (χ1v) is 11.6. The van der Waals surface area contributed by atoms with Gasteiger partial charge in [-0.05, 0) is 47.5 Å². The number of amides is 1. The van der Waals surface area contributed by atoms with Crippen LogP contribution in [0.3, 0.4) is 0 Å². The number of fused-ring (bicyclic) bond motifs is 1. The number of aliphatic carboxylic acids is 1. The molecule has 3 N–H and O–H groups in total. The van der Waals surface area contributed by atoms with Gasteiger partial charge < -0.3 is 25.0 Å². The van der Waals surface area contributed by atoms with Gasteiger partial charge in [0.15, 0.2) is 0 Å². The lowest BCUT2D eigenvalue weighted by Gasteiger charge is -2.20. The van der Waals surface area contributed by atoms with Gasteiger partial charge in [0, 0.05) is 18.0 Å². The molecule has 0 unspecified atom stereocenters. The molecule has 0 aliphatic rings. The standard InChI is InChI=1S/C28H23F3N2O6/c1-38-21-9-14(13-34)10-22(39-2)25(21)24-19(31)11-15(16-5-4-8-32-26(16)24)12-20(28(36)37)33-27(35)23-17(29)6-3-7-18(23)30/h3-11,20,34H,12-13H2,1-2H3,(H,33,35)(H,36,37)/t20-/m0/s1. The molecule has 0 aliphatic carbocycles. The van der Waals surface area contributed by atoms with E-state index in [-0.39, 0.29) is 40.3 Å². The third kappa shape index (κ3) is 5.34. The third-order valence-electron chi connectivity index (χ3n) is 6.15. The number of benzene rings is 3. The summed E-state index contributed by atoms with van der Waals surface area (Å²) in [5, 5.41) is 21.8. The van der Waals surface area contributed by atoms with Crippen LogP contribution in [-0.2, 0) is 17.8 Å². The number of carbonyl (C=O) groups is 2. The van der Waals surface area contributed by atoms with E-state index in [1.165, 1.54) is 32.5 Å². The number of pyridine rings is 1. The number of ether oxygens (including phenoxy) is 2. The molecule has 39 heavy (non-hydrogen) atoms. The van der Waals surface area contributed by atoms with Crippen LogP contribution < -0.4 is 14.8 Å². The zero-order valence-corrected chi connectivity index (χ0v) is 20.8. The topological polar surface area (TPSA) is 118 Å². The Morgan fingerprint density at radius 3 is 2.15 bits per heavy atom. The van der Waals surface area contributed by atoms with Crippen molar-refractivity contribution in [2.24, 2.45) is 0 Å². The Morgan fingerprint density at radius 1 is 0.949 bits per heavy atom. The Kier molecular flexibility index (Phi) is 8.01. The van der Waals surface area contributed by atoms with Crippen molar-refractivity contribution in [3.05, 3.63) is 88.9 Å². The second-order valence-corrected chi connectivity index (χ2v) is 8.49. The lowest BCUT2D eigenvalue weighted by molar-refractivity contribution is -0.139. The van der Waals surface area contributed by atoms with E-state index in [1.54, 1.807) is 12.1 Å². The number of carboxylic acid groups (broad SMARTS) is 1. The van der Waals surface area contributed by atoms with E-state index < -0.39 is 47.4 Å². The van der Waals surface area contributed by atoms with E-state index in [2.05, 4.69) is 10.3 Å². The van der Waals surface area contributed by atoms with Crippen LogP contribution in [0.15, 0.2) is 54.7 Å². The van der Waals surface area contributed by atoms with Crippen LogP contribution in [0, 0.1) is 17.5 Å². The number of rotatable bonds is 9. The quantitative estimate of drug-likeness (QED) is 0.291. The summed E-state index contributed by atoms with van der Waals surface area (Å²) in [7, 11) is 2.75. The van der Waals surface area contributed by atoms with Gasteiger partial charge in [0.25, 0.3) is 5.91 Å². The Hall–Kier alpha value is -4.64. The molecule has 0 aliphatic heterocycles. The molecule has 4 rings (SSSR count). The molecule has 1 atom stereocenters. The summed E-state index contributed by atoms with van der Waals surface area (Å²) in [4.78, 5) is 28.9. The molecule has 0 fully saturated rings. The summed E-state index contributed by atoms with van der Waals surface area (Å²) in [5.74, 6) is -5.45. The first-order valence-electron chi connectivity index (χ1n) is 11.6. The lowest BCUT2D eigenvalue weighted by Crippen LogP contribution is -2.43. The maximum atomic E-state index is 15.8. The van der Waals surface area contributed by atoms with E-state index in [9.17, 15) is 28.6 Å². The molecule has 4 aromatic rings. The van der Waals surface area contributed by atoms with Crippen molar-refractivity contribution in [1.29, 1.82) is 0 Å². The molecule has 1 heterocycles. The summed E-state index contributed by atoms with van der Waals surface area (Å²) >= 11 is 0. The zero-order chi connectivity index (χ0) is 28.3. The number of hydrogen-bond acceptors (Lipinski definition) is 6. The SMILES string of the molecule is COc1cc(CO)cc(OC)c1-c1c(F)cc(C[C@H](NC(=O)c2c(F)cccc2F)C(=O)O)c2cccnc12. The van der Waals surface area contributed by atoms with Crippen molar-refractivity contribution in [3.63, 3.8) is 0 Å². The van der Waals surface area contributed by atoms with Gasteiger partial charge in [0.05, 0.1) is 37.5 Å². The van der Waals surface area contributed by atoms with E-state index in [0.717, 1.165) is 24.3 Å². The van der Waals surface area contributed by atoms with Crippen molar-refractivity contribution in [2.75, 3.05) is 14.2 Å². The van der Waals surface area contributed by atoms with Crippen molar-refractivity contribution in [1.82, 2.24) is 10.3 Å². The number of methoxy groups -OCH3 is 2. The van der Waals surface area contributed by atoms with Crippen LogP contribution in [0.2, 0.25) is 0 Å². The van der Waals surface area contributed by atoms with Crippen LogP contribution in [0.1, 0.15) is 21.5 Å². The monoisotopic (exact) mass is 540 g/mol. The van der Waals surface area contributed by atoms with E-state index >= 15 is 4.39 Å². The number of aliphatic hydroxyl groups is 1. The first kappa shape index (κ1) is 27.4. The summed E-state index contributed by atoms with van der Waals surface area (Å²) in [6.07, 6.45) is 1.00. The minimum absolute atomic E-state index is 0.0110. The zero-order valence-electron chi connectivity index (χ0n) is 20.8. The van der Waals surface area contributed by atoms with Gasteiger partial charge in [-0.15, -0.1) is 0 Å². The predicted octanol–water partition coefficient (Wildman–Crippen LogP) is 4.25. The highest BCUT2D eigenvalue weighted by Crippen LogP contribution is 2.44. The van der Waals surface area contributed by atoms with Crippen LogP contribution >= 0.6 is 0 Å². The molecule has 3 aromatic carbocycles. The van der Waals surface area contributed by atoms with Crippen molar-refractivity contribution in [3.8, 4) is 22.6 Å². The van der Waals surface area contributed by atoms with Gasteiger partial charge in [0.2, 0.25) is 0 Å². The fraction of sp³-hybridized carbons (Fsp3) is 0.179. The average molecular weight is 540 g/mol. The normalized spacial score (nSPS) is 11.7. The largest absolute Gasteiger partial charge is 0.496 e. The smallest absolute Gasteiger partial charge is 0.326 e. The summed E-state index contributed by atoms with van der Waals surface area (Å²) in [5.41, 5.74) is 0.0952. The van der Waals surface area contributed by atoms with Crippen LogP contribution in [-0.4, -0.2) is 47.3 Å². The van der Waals surface area contributed by atoms with Gasteiger partial charge in [-0.1, -0.05) is 12.1 Å². The highest BCUT2D eigenvalue weighted by atomic mass is 19.1. The minimum Gasteiger partial charge on any atom is -0.496 e. The second kappa shape index (κ2) is 11.4. The lowest BCUT2D eigenvalue weighted by atomic mass is 9.93. The molecule has 0 saturated heterocycles. The van der Waals surface area contributed by atoms with Crippen molar-refractivity contribution in [2.45, 2.75) is 19.1 Å². The number of aromatic nitrogens is 1. The van der Waals surface area contributed by atoms with E-state index in [0.29, 0.717) is 10.9 Å². The molecular formula is C28H23F3N2O6. The number of aliphatic hydroxyl groups excluding tert-OH is 1. The van der Waals surface area contributed by atoms with Gasteiger partial charge in [-0.2, -0.15) is 0 Å². The number of carbonyl (C=O) groups excluding carboxylic acids is 1. The number of nitrogens with one attached hydrogen (secondary N) is 1. The molecule has 0 saturated carbocycles. The van der Waals surface area contributed by atoms with Crippen molar-refractivity contribution >= 4 is 22.8 Å². The molecule has 0 bridgehead atoms. The molecule has 0 spiro atoms. The predicted molar refractivity (Wildman–Crippen MR) is 135 cm³/mol. The van der Waals surface area contributed by atoms with Crippen LogP contribution in [0.4, 0.5) is 13.2 Å². The molecule has 0 radical (unpaired) electrons. The molecule has 8 nitrogen and oxygen atoms in total. The first-order chi connectivity index (χ1) is 18.7. The maximum absolute atomic E-state index is 15.8. The Morgan fingerprint density at radius 2 is 1.59 bits per heavy atom. The van der Waals surface area contributed by atoms with Crippen LogP contribution in [0.25, 0.3) is 22.0 Å². The number of nitrogens with zero attached hydrogens (tertiary/aromatic N) is 1. The molecule has 1 amide bonds. The minimum atomic E-state index is -1.65. The fourth-order valence-corrected chi connectivity index (χ4v) is 4.36. The molecular weight excluding hydrogens is 517 g/mol. The van der Waals surface area contributed by atoms with Crippen LogP contribution in [0.5, 0.6) is 11.5 Å². The average Bonchev–Trinajstić information content (AvgIpc) is 2.92. The van der Waals surface area contributed by atoms with Gasteiger partial charge in [-0.3, -0.25) is 9.78 Å². The summed E-state index contributed by atoms with van der Waals surface area (Å²) in [6.45, 7) is -0.313. The summed E-state index contributed by atoms with van der Waals surface area (Å²) in [6, 6.07) is 8.48. The molecule has 1 aromatic heterocycles. The van der Waals surface area contributed by atoms with Gasteiger partial charge in [0.1, 0.15) is 40.6 Å². The molecule has 11 heteroatoms. The maximum Gasteiger partial charge on any atom is 0.326 e. The van der Waals surface area contributed by atoms with Gasteiger partial charge in [-0.25, -0.2) is 18.0 Å². The summed E-state index contributed by atoms with van der Waals surface area (Å²) < 4.78 is 54.9. The van der Waals surface area contributed by atoms with E-state index in [1.807, 2.05) is 0 Å². The Bertz CT molecular complexity index is 1530. The Labute approximate surface area is 220 Å². The van der Waals surface area contributed by atoms with Crippen molar-refractivity contribution < 1.29 is 42.4 Å². The Balaban J connectivity index is 1.82. The highest BCUT2D eigenvalue weighted by molar-refractivity contribution is 6.00. The molecule has 202 valence electrons. The number of carboxylic acids is 1. The van der Waals surface area contributed by atoms with E-state index in [4.69, 9.17) is 9.47 Å². The number of hydrogen-bond donors (Lipinski definition) is 3. The highest BCUT2D eigenvalue weighted by Gasteiger charge is 2.28.